The topological polar surface area (TPSA) is 23.6 Å². The molecule has 3 rings (SSSR count). The first kappa shape index (κ1) is 15.9. The quantitative estimate of drug-likeness (QED) is 0.860. The Morgan fingerprint density at radius 3 is 2.35 bits per heavy atom. The number of carbonyl (C=O) groups is 1. The molecule has 2 aromatic carbocycles. The molecule has 0 radical (unpaired) electrons. The van der Waals surface area contributed by atoms with Gasteiger partial charge in [-0.1, -0.05) is 48.0 Å². The molecule has 0 bridgehead atoms. The first-order chi connectivity index (χ1) is 11.1. The van der Waals surface area contributed by atoms with E-state index in [1.54, 1.807) is 0 Å². The van der Waals surface area contributed by atoms with Crippen LogP contribution in [-0.2, 0) is 11.2 Å². The average molecular weight is 329 g/mol. The van der Waals surface area contributed by atoms with Gasteiger partial charge < -0.3 is 9.80 Å². The van der Waals surface area contributed by atoms with Gasteiger partial charge in [0, 0.05) is 36.9 Å². The molecule has 23 heavy (non-hydrogen) atoms. The fourth-order valence-corrected chi connectivity index (χ4v) is 3.23. The molecule has 0 unspecified atom stereocenters. The van der Waals surface area contributed by atoms with Crippen LogP contribution in [0.2, 0.25) is 5.02 Å². The van der Waals surface area contributed by atoms with Gasteiger partial charge in [0.05, 0.1) is 6.42 Å². The summed E-state index contributed by atoms with van der Waals surface area (Å²) in [4.78, 5) is 16.8. The number of carbonyl (C=O) groups excluding carboxylic acids is 1. The molecule has 1 heterocycles. The molecule has 0 N–H and O–H groups in total. The van der Waals surface area contributed by atoms with Gasteiger partial charge in [0.15, 0.2) is 0 Å². The summed E-state index contributed by atoms with van der Waals surface area (Å²) >= 11 is 6.15. The molecule has 1 fully saturated rings. The Balaban J connectivity index is 1.60. The maximum Gasteiger partial charge on any atom is 0.227 e. The van der Waals surface area contributed by atoms with E-state index in [0.29, 0.717) is 11.4 Å². The fourth-order valence-electron chi connectivity index (χ4n) is 3.03. The molecule has 0 aliphatic carbocycles. The summed E-state index contributed by atoms with van der Waals surface area (Å²) < 4.78 is 0. The van der Waals surface area contributed by atoms with Gasteiger partial charge >= 0.3 is 0 Å². The lowest BCUT2D eigenvalue weighted by molar-refractivity contribution is -0.130. The fraction of sp³-hybridized carbons (Fsp3) is 0.316. The number of halogens is 1. The van der Waals surface area contributed by atoms with E-state index in [9.17, 15) is 4.79 Å². The highest BCUT2D eigenvalue weighted by Crippen LogP contribution is 2.21. The van der Waals surface area contributed by atoms with Crippen LogP contribution in [0.5, 0.6) is 0 Å². The van der Waals surface area contributed by atoms with Crippen LogP contribution in [0.4, 0.5) is 5.69 Å². The molecule has 1 aliphatic rings. The largest absolute Gasteiger partial charge is 0.368 e. The number of anilines is 1. The van der Waals surface area contributed by atoms with Crippen molar-refractivity contribution in [3.8, 4) is 0 Å². The molecule has 0 atom stereocenters. The normalized spacial score (nSPS) is 14.9. The minimum Gasteiger partial charge on any atom is -0.368 e. The maximum atomic E-state index is 12.5. The number of amides is 1. The van der Waals surface area contributed by atoms with E-state index in [1.165, 1.54) is 11.3 Å². The molecule has 4 heteroatoms. The number of hydrogen-bond acceptors (Lipinski definition) is 2. The number of benzene rings is 2. The number of hydrogen-bond donors (Lipinski definition) is 0. The van der Waals surface area contributed by atoms with Gasteiger partial charge in [0.25, 0.3) is 0 Å². The zero-order valence-electron chi connectivity index (χ0n) is 13.3. The van der Waals surface area contributed by atoms with E-state index in [1.807, 2.05) is 29.2 Å². The number of nitrogens with zero attached hydrogens (tertiary/aromatic N) is 2. The van der Waals surface area contributed by atoms with Gasteiger partial charge in [0.2, 0.25) is 5.91 Å². The molecular weight excluding hydrogens is 308 g/mol. The molecular formula is C19H21ClN2O. The molecule has 1 aliphatic heterocycles. The van der Waals surface area contributed by atoms with E-state index in [-0.39, 0.29) is 5.91 Å². The van der Waals surface area contributed by atoms with Crippen molar-refractivity contribution in [2.24, 2.45) is 0 Å². The molecule has 1 amide bonds. The Hall–Kier alpha value is -2.00. The van der Waals surface area contributed by atoms with E-state index < -0.39 is 0 Å². The number of piperazine rings is 1. The van der Waals surface area contributed by atoms with Crippen LogP contribution < -0.4 is 4.90 Å². The van der Waals surface area contributed by atoms with Crippen LogP contribution in [0.3, 0.4) is 0 Å². The van der Waals surface area contributed by atoms with Crippen molar-refractivity contribution in [3.05, 3.63) is 64.7 Å². The second-order valence-corrected chi connectivity index (χ2v) is 6.33. The summed E-state index contributed by atoms with van der Waals surface area (Å²) in [6, 6.07) is 16.0. The minimum absolute atomic E-state index is 0.155. The van der Waals surface area contributed by atoms with E-state index in [0.717, 1.165) is 31.7 Å². The van der Waals surface area contributed by atoms with Gasteiger partial charge in [0.1, 0.15) is 0 Å². The molecule has 0 spiro atoms. The van der Waals surface area contributed by atoms with Crippen molar-refractivity contribution < 1.29 is 4.79 Å². The highest BCUT2D eigenvalue weighted by molar-refractivity contribution is 6.31. The molecule has 120 valence electrons. The van der Waals surface area contributed by atoms with E-state index >= 15 is 0 Å². The van der Waals surface area contributed by atoms with E-state index in [2.05, 4.69) is 36.1 Å². The summed E-state index contributed by atoms with van der Waals surface area (Å²) in [7, 11) is 0. The van der Waals surface area contributed by atoms with Crippen molar-refractivity contribution in [1.82, 2.24) is 4.90 Å². The molecule has 3 nitrogen and oxygen atoms in total. The highest BCUT2D eigenvalue weighted by atomic mass is 35.5. The molecule has 0 aromatic heterocycles. The Morgan fingerprint density at radius 2 is 1.65 bits per heavy atom. The van der Waals surface area contributed by atoms with Gasteiger partial charge in [-0.05, 0) is 30.2 Å². The smallest absolute Gasteiger partial charge is 0.227 e. The Bertz CT molecular complexity index is 693. The van der Waals surface area contributed by atoms with Crippen LogP contribution in [0, 0.1) is 6.92 Å². The second-order valence-electron chi connectivity index (χ2n) is 5.92. The van der Waals surface area contributed by atoms with Crippen molar-refractivity contribution in [1.29, 1.82) is 0 Å². The van der Waals surface area contributed by atoms with Gasteiger partial charge in [-0.25, -0.2) is 0 Å². The van der Waals surface area contributed by atoms with Gasteiger partial charge in [-0.2, -0.15) is 0 Å². The predicted molar refractivity (Wildman–Crippen MR) is 95.1 cm³/mol. The monoisotopic (exact) mass is 328 g/mol. The molecule has 0 saturated carbocycles. The number of para-hydroxylation sites is 1. The lowest BCUT2D eigenvalue weighted by Gasteiger charge is -2.37. The first-order valence-electron chi connectivity index (χ1n) is 7.97. The van der Waals surface area contributed by atoms with Crippen molar-refractivity contribution in [2.45, 2.75) is 13.3 Å². The summed E-state index contributed by atoms with van der Waals surface area (Å²) in [5.41, 5.74) is 3.45. The summed E-state index contributed by atoms with van der Waals surface area (Å²) in [6.45, 7) is 5.40. The summed E-state index contributed by atoms with van der Waals surface area (Å²) in [5.74, 6) is 0.155. The van der Waals surface area contributed by atoms with Crippen LogP contribution in [0.1, 0.15) is 11.1 Å². The maximum absolute atomic E-state index is 12.5. The summed E-state index contributed by atoms with van der Waals surface area (Å²) in [6.07, 6.45) is 0.379. The number of rotatable bonds is 3. The third kappa shape index (κ3) is 3.67. The Labute approximate surface area is 142 Å². The van der Waals surface area contributed by atoms with Crippen LogP contribution in [0.25, 0.3) is 0 Å². The summed E-state index contributed by atoms with van der Waals surface area (Å²) in [5, 5.41) is 0.666. The average Bonchev–Trinajstić information content (AvgIpc) is 2.57. The zero-order chi connectivity index (χ0) is 16.2. The first-order valence-corrected chi connectivity index (χ1v) is 8.35. The number of aryl methyl sites for hydroxylation is 1. The lowest BCUT2D eigenvalue weighted by Crippen LogP contribution is -2.49. The highest BCUT2D eigenvalue weighted by Gasteiger charge is 2.22. The standard InChI is InChI=1S/C19H21ClN2O/c1-15-6-2-5-9-18(15)21-10-12-22(13-11-21)19(23)14-16-7-3-4-8-17(16)20/h2-9H,10-14H2,1H3. The SMILES string of the molecule is Cc1ccccc1N1CCN(C(=O)Cc2ccccc2Cl)CC1. The van der Waals surface area contributed by atoms with Gasteiger partial charge in [-0.3, -0.25) is 4.79 Å². The minimum atomic E-state index is 0.155. The lowest BCUT2D eigenvalue weighted by atomic mass is 10.1. The Morgan fingerprint density at radius 1 is 1.00 bits per heavy atom. The molecule has 1 saturated heterocycles. The predicted octanol–water partition coefficient (Wildman–Crippen LogP) is 3.54. The van der Waals surface area contributed by atoms with Crippen molar-refractivity contribution >= 4 is 23.2 Å². The van der Waals surface area contributed by atoms with Crippen molar-refractivity contribution in [3.63, 3.8) is 0 Å². The van der Waals surface area contributed by atoms with Crippen molar-refractivity contribution in [2.75, 3.05) is 31.1 Å². The second kappa shape index (κ2) is 7.05. The zero-order valence-corrected chi connectivity index (χ0v) is 14.1. The van der Waals surface area contributed by atoms with Crippen LogP contribution in [0.15, 0.2) is 48.5 Å². The van der Waals surface area contributed by atoms with E-state index in [4.69, 9.17) is 11.6 Å². The van der Waals surface area contributed by atoms with Crippen LogP contribution >= 0.6 is 11.6 Å². The van der Waals surface area contributed by atoms with Gasteiger partial charge in [-0.15, -0.1) is 0 Å². The third-order valence-electron chi connectivity index (χ3n) is 4.39. The Kier molecular flexibility index (Phi) is 4.87. The third-order valence-corrected chi connectivity index (χ3v) is 4.76. The molecule has 2 aromatic rings. The van der Waals surface area contributed by atoms with Crippen LogP contribution in [-0.4, -0.2) is 37.0 Å².